The van der Waals surface area contributed by atoms with Crippen LogP contribution in [0.15, 0.2) is 36.4 Å². The van der Waals surface area contributed by atoms with Crippen molar-refractivity contribution in [1.29, 1.82) is 0 Å². The molecule has 2 N–H and O–H groups in total. The van der Waals surface area contributed by atoms with Crippen LogP contribution in [0.4, 0.5) is 18.9 Å². The summed E-state index contributed by atoms with van der Waals surface area (Å²) in [4.78, 5) is 0. The minimum Gasteiger partial charge on any atom is -0.495 e. The Labute approximate surface area is 159 Å². The van der Waals surface area contributed by atoms with Gasteiger partial charge in [0.05, 0.1) is 30.5 Å². The first-order chi connectivity index (χ1) is 12.2. The summed E-state index contributed by atoms with van der Waals surface area (Å²) in [6.45, 7) is 0.261. The maximum atomic E-state index is 12.6. The topological polar surface area (TPSA) is 42.5 Å². The van der Waals surface area contributed by atoms with E-state index in [1.165, 1.54) is 26.4 Å². The van der Waals surface area contributed by atoms with E-state index in [2.05, 4.69) is 10.6 Å². The first-order valence-electron chi connectivity index (χ1n) is 7.37. The maximum absolute atomic E-state index is 12.6. The van der Waals surface area contributed by atoms with Gasteiger partial charge in [-0.2, -0.15) is 13.2 Å². The Kier molecular flexibility index (Phi) is 6.55. The molecule has 0 unspecified atom stereocenters. The highest BCUT2D eigenvalue weighted by Gasteiger charge is 2.29. The van der Waals surface area contributed by atoms with Crippen LogP contribution in [0.5, 0.6) is 11.5 Å². The van der Waals surface area contributed by atoms with Crippen molar-refractivity contribution in [2.24, 2.45) is 0 Å². The van der Waals surface area contributed by atoms with Crippen LogP contribution in [-0.4, -0.2) is 19.3 Å². The van der Waals surface area contributed by atoms with Crippen LogP contribution in [-0.2, 0) is 12.7 Å². The van der Waals surface area contributed by atoms with E-state index in [-0.39, 0.29) is 11.7 Å². The number of alkyl halides is 3. The predicted molar refractivity (Wildman–Crippen MR) is 99.1 cm³/mol. The van der Waals surface area contributed by atoms with Crippen molar-refractivity contribution >= 4 is 34.6 Å². The summed E-state index contributed by atoms with van der Waals surface area (Å²) in [5, 5.41) is 6.52. The molecule has 0 aromatic heterocycles. The smallest absolute Gasteiger partial charge is 0.416 e. The fourth-order valence-corrected chi connectivity index (χ4v) is 2.53. The van der Waals surface area contributed by atoms with Crippen LogP contribution >= 0.6 is 23.8 Å². The Morgan fingerprint density at radius 1 is 1.08 bits per heavy atom. The molecule has 0 bridgehead atoms. The number of hydrogen-bond acceptors (Lipinski definition) is 3. The van der Waals surface area contributed by atoms with Crippen molar-refractivity contribution in [1.82, 2.24) is 5.32 Å². The molecule has 0 aliphatic heterocycles. The lowest BCUT2D eigenvalue weighted by Gasteiger charge is -2.15. The van der Waals surface area contributed by atoms with Gasteiger partial charge in [-0.05, 0) is 29.9 Å². The van der Waals surface area contributed by atoms with Crippen LogP contribution in [0, 0.1) is 0 Å². The normalized spacial score (nSPS) is 11.0. The third-order valence-corrected chi connectivity index (χ3v) is 4.00. The molecule has 0 heterocycles. The standard InChI is InChI=1S/C17H16ClF3N2O2S/c1-24-14-8-13(15(25-2)7-12(14)18)23-16(26)22-9-10-3-5-11(6-4-10)17(19,20)21/h3-8H,9H2,1-2H3,(H2,22,23,26). The molecule has 140 valence electrons. The number of rotatable bonds is 5. The van der Waals surface area contributed by atoms with Gasteiger partial charge in [-0.3, -0.25) is 0 Å². The molecule has 9 heteroatoms. The molecule has 0 fully saturated rings. The van der Waals surface area contributed by atoms with Crippen LogP contribution < -0.4 is 20.1 Å². The van der Waals surface area contributed by atoms with E-state index in [1.54, 1.807) is 12.1 Å². The summed E-state index contributed by atoms with van der Waals surface area (Å²) in [6, 6.07) is 8.06. The summed E-state index contributed by atoms with van der Waals surface area (Å²) < 4.78 is 48.1. The monoisotopic (exact) mass is 404 g/mol. The molecule has 2 aromatic carbocycles. The van der Waals surface area contributed by atoms with Gasteiger partial charge < -0.3 is 20.1 Å². The molecule has 0 atom stereocenters. The minimum absolute atomic E-state index is 0.261. The van der Waals surface area contributed by atoms with Gasteiger partial charge in [0.2, 0.25) is 0 Å². The van der Waals surface area contributed by atoms with Gasteiger partial charge in [-0.25, -0.2) is 0 Å². The zero-order valence-electron chi connectivity index (χ0n) is 13.9. The third-order valence-electron chi connectivity index (χ3n) is 3.46. The van der Waals surface area contributed by atoms with Gasteiger partial charge in [-0.15, -0.1) is 0 Å². The maximum Gasteiger partial charge on any atom is 0.416 e. The predicted octanol–water partition coefficient (Wildman–Crippen LogP) is 4.86. The average molecular weight is 405 g/mol. The Balaban J connectivity index is 2.01. The Hall–Kier alpha value is -2.19. The van der Waals surface area contributed by atoms with Crippen LogP contribution in [0.2, 0.25) is 5.02 Å². The first kappa shape index (κ1) is 20.1. The van der Waals surface area contributed by atoms with E-state index < -0.39 is 11.7 Å². The van der Waals surface area contributed by atoms with Gasteiger partial charge in [0.15, 0.2) is 5.11 Å². The Morgan fingerprint density at radius 2 is 1.69 bits per heavy atom. The Bertz CT molecular complexity index is 783. The molecular formula is C17H16ClF3N2O2S. The highest BCUT2D eigenvalue weighted by Crippen LogP contribution is 2.35. The van der Waals surface area contributed by atoms with Crippen LogP contribution in [0.3, 0.4) is 0 Å². The highest BCUT2D eigenvalue weighted by molar-refractivity contribution is 7.80. The van der Waals surface area contributed by atoms with E-state index in [4.69, 9.17) is 33.3 Å². The first-order valence-corrected chi connectivity index (χ1v) is 8.15. The molecular weight excluding hydrogens is 389 g/mol. The van der Waals surface area contributed by atoms with Gasteiger partial charge in [-0.1, -0.05) is 23.7 Å². The molecule has 0 radical (unpaired) electrons. The summed E-state index contributed by atoms with van der Waals surface area (Å²) in [6.07, 6.45) is -4.35. The van der Waals surface area contributed by atoms with E-state index >= 15 is 0 Å². The lowest BCUT2D eigenvalue weighted by Crippen LogP contribution is -2.28. The number of hydrogen-bond donors (Lipinski definition) is 2. The summed E-state index contributed by atoms with van der Waals surface area (Å²) >= 11 is 11.3. The second kappa shape index (κ2) is 8.46. The number of nitrogens with one attached hydrogen (secondary N) is 2. The Morgan fingerprint density at radius 3 is 2.23 bits per heavy atom. The second-order valence-electron chi connectivity index (χ2n) is 5.19. The van der Waals surface area contributed by atoms with Crippen molar-refractivity contribution in [2.45, 2.75) is 12.7 Å². The van der Waals surface area contributed by atoms with Gasteiger partial charge in [0.1, 0.15) is 11.5 Å². The molecule has 0 saturated heterocycles. The highest BCUT2D eigenvalue weighted by atomic mass is 35.5. The van der Waals surface area contributed by atoms with Crippen molar-refractivity contribution in [3.05, 3.63) is 52.5 Å². The lowest BCUT2D eigenvalue weighted by atomic mass is 10.1. The molecule has 0 aliphatic carbocycles. The van der Waals surface area contributed by atoms with Crippen LogP contribution in [0.25, 0.3) is 0 Å². The third kappa shape index (κ3) is 5.15. The molecule has 4 nitrogen and oxygen atoms in total. The van der Waals surface area contributed by atoms with Gasteiger partial charge in [0.25, 0.3) is 0 Å². The quantitative estimate of drug-likeness (QED) is 0.696. The second-order valence-corrected chi connectivity index (χ2v) is 6.00. The van der Waals surface area contributed by atoms with E-state index in [0.717, 1.165) is 12.1 Å². The van der Waals surface area contributed by atoms with E-state index in [9.17, 15) is 13.2 Å². The van der Waals surface area contributed by atoms with Crippen molar-refractivity contribution in [2.75, 3.05) is 19.5 Å². The summed E-state index contributed by atoms with van der Waals surface area (Å²) in [5.74, 6) is 0.912. The molecule has 2 aromatic rings. The molecule has 0 amide bonds. The number of ether oxygens (including phenoxy) is 2. The van der Waals surface area contributed by atoms with Crippen molar-refractivity contribution < 1.29 is 22.6 Å². The largest absolute Gasteiger partial charge is 0.495 e. The van der Waals surface area contributed by atoms with E-state index in [0.29, 0.717) is 27.8 Å². The summed E-state index contributed by atoms with van der Waals surface area (Å²) in [5.41, 5.74) is 0.501. The van der Waals surface area contributed by atoms with Gasteiger partial charge >= 0.3 is 6.18 Å². The fraction of sp³-hybridized carbons (Fsp3) is 0.235. The number of methoxy groups -OCH3 is 2. The molecule has 0 spiro atoms. The zero-order valence-corrected chi connectivity index (χ0v) is 15.5. The van der Waals surface area contributed by atoms with Crippen molar-refractivity contribution in [3.63, 3.8) is 0 Å². The fourth-order valence-electron chi connectivity index (χ4n) is 2.12. The van der Waals surface area contributed by atoms with Crippen LogP contribution in [0.1, 0.15) is 11.1 Å². The number of anilines is 1. The number of halogens is 4. The van der Waals surface area contributed by atoms with E-state index in [1.807, 2.05) is 0 Å². The molecule has 2 rings (SSSR count). The zero-order chi connectivity index (χ0) is 19.3. The lowest BCUT2D eigenvalue weighted by molar-refractivity contribution is -0.137. The van der Waals surface area contributed by atoms with Gasteiger partial charge in [0, 0.05) is 18.7 Å². The SMILES string of the molecule is COc1cc(NC(=S)NCc2ccc(C(F)(F)F)cc2)c(OC)cc1Cl. The average Bonchev–Trinajstić information content (AvgIpc) is 2.60. The number of thiocarbonyl (C=S) groups is 1. The van der Waals surface area contributed by atoms with Crippen molar-refractivity contribution in [3.8, 4) is 11.5 Å². The number of benzene rings is 2. The molecule has 26 heavy (non-hydrogen) atoms. The summed E-state index contributed by atoms with van der Waals surface area (Å²) in [7, 11) is 2.97. The minimum atomic E-state index is -4.35. The molecule has 0 aliphatic rings. The molecule has 0 saturated carbocycles.